The first-order valence-electron chi connectivity index (χ1n) is 16.3. The van der Waals surface area contributed by atoms with Gasteiger partial charge in [0.25, 0.3) is 0 Å². The Balaban J connectivity index is 0.00000325. The molecule has 0 radical (unpaired) electrons. The van der Waals surface area contributed by atoms with E-state index in [0.717, 1.165) is 39.4 Å². The van der Waals surface area contributed by atoms with Gasteiger partial charge in [0.2, 0.25) is 0 Å². The van der Waals surface area contributed by atoms with Crippen molar-refractivity contribution >= 4 is 38.9 Å². The first kappa shape index (κ1) is 29.7. The summed E-state index contributed by atoms with van der Waals surface area (Å²) in [6, 6.07) is 59.8. The molecule has 1 aliphatic heterocycles. The molecular formula is C44H29N4Pt-3. The zero-order valence-electron chi connectivity index (χ0n) is 26.6. The predicted molar refractivity (Wildman–Crippen MR) is 195 cm³/mol. The van der Waals surface area contributed by atoms with Crippen LogP contribution in [0.4, 0.5) is 17.1 Å². The molecule has 4 nitrogen and oxygen atoms in total. The molecule has 10 rings (SSSR count). The van der Waals surface area contributed by atoms with Crippen LogP contribution in [0.15, 0.2) is 152 Å². The molecule has 0 unspecified atom stereocenters. The van der Waals surface area contributed by atoms with Crippen molar-refractivity contribution in [2.24, 2.45) is 0 Å². The van der Waals surface area contributed by atoms with Gasteiger partial charge in [0.05, 0.1) is 0 Å². The second-order valence-corrected chi connectivity index (χ2v) is 12.6. The van der Waals surface area contributed by atoms with Gasteiger partial charge in [-0.3, -0.25) is 0 Å². The number of hydrogen-bond donors (Lipinski definition) is 0. The van der Waals surface area contributed by atoms with Gasteiger partial charge in [-0.15, -0.1) is 22.2 Å². The van der Waals surface area contributed by atoms with Crippen LogP contribution in [0.5, 0.6) is 0 Å². The number of nitrogens with zero attached hydrogens (tertiary/aromatic N) is 4. The van der Waals surface area contributed by atoms with Gasteiger partial charge in [-0.2, -0.15) is 49.1 Å². The molecule has 0 spiro atoms. The minimum atomic E-state index is -0.642. The molecule has 1 aliphatic carbocycles. The molecule has 49 heavy (non-hydrogen) atoms. The molecule has 0 amide bonds. The maximum absolute atomic E-state index is 4.74. The largest absolute Gasteiger partial charge is 0.504 e. The topological polar surface area (TPSA) is 24.3 Å². The van der Waals surface area contributed by atoms with E-state index in [0.29, 0.717) is 0 Å². The zero-order chi connectivity index (χ0) is 31.8. The van der Waals surface area contributed by atoms with Crippen molar-refractivity contribution in [3.8, 4) is 16.9 Å². The fraction of sp³-hybridized carbons (Fsp3) is 0.0455. The summed E-state index contributed by atoms with van der Waals surface area (Å²) in [4.78, 5) is 9.16. The average molecular weight is 809 g/mol. The third-order valence-electron chi connectivity index (χ3n) is 10.1. The van der Waals surface area contributed by atoms with E-state index in [1.54, 1.807) is 0 Å². The Morgan fingerprint density at radius 3 is 2.10 bits per heavy atom. The molecule has 0 atom stereocenters. The fourth-order valence-corrected chi connectivity index (χ4v) is 8.09. The van der Waals surface area contributed by atoms with Crippen LogP contribution in [-0.2, 0) is 26.5 Å². The third kappa shape index (κ3) is 4.17. The summed E-state index contributed by atoms with van der Waals surface area (Å²) in [7, 11) is 2.10. The molecule has 0 N–H and O–H groups in total. The van der Waals surface area contributed by atoms with Gasteiger partial charge in [0.1, 0.15) is 5.82 Å². The molecule has 6 aromatic carbocycles. The molecule has 0 bridgehead atoms. The van der Waals surface area contributed by atoms with Crippen molar-refractivity contribution in [1.82, 2.24) is 9.55 Å². The average Bonchev–Trinajstić information content (AvgIpc) is 3.78. The van der Waals surface area contributed by atoms with Crippen LogP contribution in [0.25, 0.3) is 38.8 Å². The van der Waals surface area contributed by atoms with E-state index in [-0.39, 0.29) is 21.1 Å². The number of hydrogen-bond acceptors (Lipinski definition) is 3. The molecule has 3 heterocycles. The van der Waals surface area contributed by atoms with Gasteiger partial charge in [-0.05, 0) is 65.0 Å². The van der Waals surface area contributed by atoms with Crippen molar-refractivity contribution < 1.29 is 21.1 Å². The van der Waals surface area contributed by atoms with Crippen molar-refractivity contribution in [2.75, 3.05) is 16.8 Å². The number of pyridine rings is 1. The molecule has 8 aromatic rings. The minimum Gasteiger partial charge on any atom is -0.504 e. The van der Waals surface area contributed by atoms with Gasteiger partial charge < -0.3 is 14.4 Å². The molecule has 5 heteroatoms. The normalized spacial score (nSPS) is 14.1. The van der Waals surface area contributed by atoms with Crippen LogP contribution in [0.3, 0.4) is 0 Å². The maximum atomic E-state index is 4.74. The molecule has 238 valence electrons. The fourth-order valence-electron chi connectivity index (χ4n) is 8.09. The van der Waals surface area contributed by atoms with Crippen molar-refractivity contribution in [1.29, 1.82) is 0 Å². The Bertz CT molecular complexity index is 2490. The monoisotopic (exact) mass is 808 g/mol. The standard InChI is InChI=1S/C44H29N4.Pt/c1-46-29-47(42-22-9-8-21-41(42)46)32-14-12-13-30(27-32)44(37-18-5-2-15-33(37)34-16-3-6-19-38(34)44)31-24-25-40-36(28-31)35-17-4-7-20-39(35)48(40)43-23-10-11-26-45-43;/h2-23,25-26,28-29H,1H3;/q-3;. The summed E-state index contributed by atoms with van der Waals surface area (Å²) in [5.74, 6) is 0.893. The summed E-state index contributed by atoms with van der Waals surface area (Å²) >= 11 is 0. The predicted octanol–water partition coefficient (Wildman–Crippen LogP) is 9.85. The number of rotatable bonds is 4. The van der Waals surface area contributed by atoms with E-state index in [1.807, 2.05) is 18.3 Å². The summed E-state index contributed by atoms with van der Waals surface area (Å²) in [5.41, 5.74) is 12.0. The summed E-state index contributed by atoms with van der Waals surface area (Å²) in [5, 5.41) is 2.36. The van der Waals surface area contributed by atoms with Gasteiger partial charge in [0.15, 0.2) is 0 Å². The molecule has 2 aliphatic rings. The Labute approximate surface area is 300 Å². The van der Waals surface area contributed by atoms with E-state index in [2.05, 4.69) is 174 Å². The van der Waals surface area contributed by atoms with Crippen LogP contribution in [-0.4, -0.2) is 16.6 Å². The minimum absolute atomic E-state index is 0. The van der Waals surface area contributed by atoms with Crippen LogP contribution < -0.4 is 9.80 Å². The molecule has 0 saturated carbocycles. The maximum Gasteiger partial charge on any atom is 0.126 e. The smallest absolute Gasteiger partial charge is 0.126 e. The Hall–Kier alpha value is -5.44. The second kappa shape index (κ2) is 11.3. The van der Waals surface area contributed by atoms with Gasteiger partial charge >= 0.3 is 0 Å². The van der Waals surface area contributed by atoms with Gasteiger partial charge in [-0.25, -0.2) is 4.98 Å². The molecular weight excluding hydrogens is 780 g/mol. The van der Waals surface area contributed by atoms with Crippen LogP contribution in [0, 0.1) is 18.8 Å². The van der Waals surface area contributed by atoms with Gasteiger partial charge in [0, 0.05) is 49.6 Å². The van der Waals surface area contributed by atoms with E-state index in [9.17, 15) is 0 Å². The van der Waals surface area contributed by atoms with E-state index in [1.165, 1.54) is 38.7 Å². The van der Waals surface area contributed by atoms with Crippen LogP contribution in [0.1, 0.15) is 22.3 Å². The van der Waals surface area contributed by atoms with Crippen molar-refractivity contribution in [3.63, 3.8) is 0 Å². The molecule has 0 fully saturated rings. The van der Waals surface area contributed by atoms with Gasteiger partial charge in [-0.1, -0.05) is 90.4 Å². The van der Waals surface area contributed by atoms with E-state index < -0.39 is 5.41 Å². The van der Waals surface area contributed by atoms with E-state index >= 15 is 0 Å². The number of aromatic nitrogens is 2. The van der Waals surface area contributed by atoms with Crippen LogP contribution in [0.2, 0.25) is 0 Å². The zero-order valence-corrected chi connectivity index (χ0v) is 28.9. The molecule has 2 aromatic heterocycles. The summed E-state index contributed by atoms with van der Waals surface area (Å²) < 4.78 is 2.25. The third-order valence-corrected chi connectivity index (χ3v) is 10.1. The number of fused-ring (bicyclic) bond motifs is 7. The SMILES string of the molecule is CN1[CH-]N(c2[c-]c(C3(c4[c-]cc5c(c4)c4ccccc4n5-c4ccccn4)c4ccccc4-c4ccccc43)ccc2)c2ccccc21.[Pt]. The number of anilines is 3. The second-order valence-electron chi connectivity index (χ2n) is 12.6. The Kier molecular flexibility index (Phi) is 6.86. The van der Waals surface area contributed by atoms with Crippen molar-refractivity contribution in [2.45, 2.75) is 5.41 Å². The molecule has 0 saturated heterocycles. The number of para-hydroxylation sites is 3. The summed E-state index contributed by atoms with van der Waals surface area (Å²) in [6.07, 6.45) is 1.85. The Morgan fingerprint density at radius 1 is 0.633 bits per heavy atom. The Morgan fingerprint density at radius 2 is 1.33 bits per heavy atom. The quantitative estimate of drug-likeness (QED) is 0.166. The first-order chi connectivity index (χ1) is 23.7. The number of benzene rings is 6. The first-order valence-corrected chi connectivity index (χ1v) is 16.3. The van der Waals surface area contributed by atoms with Crippen LogP contribution >= 0.6 is 0 Å². The van der Waals surface area contributed by atoms with Crippen molar-refractivity contribution in [3.05, 3.63) is 193 Å². The summed E-state index contributed by atoms with van der Waals surface area (Å²) in [6.45, 7) is 2.15. The van der Waals surface area contributed by atoms with E-state index in [4.69, 9.17) is 4.98 Å².